The number of hydrogen-bond donors (Lipinski definition) is 1. The predicted octanol–water partition coefficient (Wildman–Crippen LogP) is 5.34. The van der Waals surface area contributed by atoms with Crippen LogP contribution in [0.5, 0.6) is 5.75 Å². The van der Waals surface area contributed by atoms with E-state index in [1.54, 1.807) is 0 Å². The molecule has 0 spiro atoms. The minimum atomic E-state index is -4.96. The highest BCUT2D eigenvalue weighted by Crippen LogP contribution is 2.37. The van der Waals surface area contributed by atoms with Crippen LogP contribution < -0.4 is 10.1 Å². The number of benzene rings is 2. The summed E-state index contributed by atoms with van der Waals surface area (Å²) >= 11 is 0. The van der Waals surface area contributed by atoms with Crippen molar-refractivity contribution >= 4 is 6.09 Å². The maximum Gasteiger partial charge on any atom is 0.437 e. The third-order valence-electron chi connectivity index (χ3n) is 4.00. The summed E-state index contributed by atoms with van der Waals surface area (Å²) in [7, 11) is 0. The number of nitrogens with zero attached hydrogens (tertiary/aromatic N) is 2. The van der Waals surface area contributed by atoms with Gasteiger partial charge in [-0.15, -0.1) is 0 Å². The molecule has 12 heteroatoms. The zero-order valence-corrected chi connectivity index (χ0v) is 15.3. The van der Waals surface area contributed by atoms with Gasteiger partial charge in [0.25, 0.3) is 0 Å². The first-order valence-electron chi connectivity index (χ1n) is 8.48. The van der Waals surface area contributed by atoms with Gasteiger partial charge in [0.15, 0.2) is 11.4 Å². The molecule has 1 N–H and O–H groups in total. The second-order valence-corrected chi connectivity index (χ2v) is 6.18. The fraction of sp³-hybridized carbons (Fsp3) is 0.158. The van der Waals surface area contributed by atoms with Crippen molar-refractivity contribution in [1.82, 2.24) is 15.1 Å². The first kappa shape index (κ1) is 22.1. The SMILES string of the molecule is O=C(NCc1ccc(C(F)(F)F)cc1)Oc1cnn(-c2ccc(F)cc2)c1C(F)(F)F. The van der Waals surface area contributed by atoms with Crippen LogP contribution in [0.15, 0.2) is 54.7 Å². The van der Waals surface area contributed by atoms with E-state index in [0.717, 1.165) is 48.5 Å². The van der Waals surface area contributed by atoms with E-state index in [9.17, 15) is 35.5 Å². The molecule has 2 aromatic carbocycles. The molecule has 1 amide bonds. The van der Waals surface area contributed by atoms with Crippen LogP contribution >= 0.6 is 0 Å². The van der Waals surface area contributed by atoms with Gasteiger partial charge in [0.2, 0.25) is 0 Å². The third kappa shape index (κ3) is 5.32. The van der Waals surface area contributed by atoms with Crippen molar-refractivity contribution in [2.75, 3.05) is 0 Å². The molecule has 0 atom stereocenters. The van der Waals surface area contributed by atoms with Gasteiger partial charge in [0, 0.05) is 6.54 Å². The fourth-order valence-corrected chi connectivity index (χ4v) is 2.57. The van der Waals surface area contributed by atoms with E-state index in [1.165, 1.54) is 0 Å². The van der Waals surface area contributed by atoms with Gasteiger partial charge in [0.1, 0.15) is 5.82 Å². The van der Waals surface area contributed by atoms with Crippen molar-refractivity contribution in [2.45, 2.75) is 18.9 Å². The predicted molar refractivity (Wildman–Crippen MR) is 92.8 cm³/mol. The maximum absolute atomic E-state index is 13.5. The highest BCUT2D eigenvalue weighted by atomic mass is 19.4. The molecule has 1 heterocycles. The van der Waals surface area contributed by atoms with Gasteiger partial charge < -0.3 is 10.1 Å². The summed E-state index contributed by atoms with van der Waals surface area (Å²) in [5.74, 6) is -1.56. The molecule has 1 aromatic heterocycles. The van der Waals surface area contributed by atoms with Crippen LogP contribution in [0, 0.1) is 5.82 Å². The summed E-state index contributed by atoms with van der Waals surface area (Å²) in [5.41, 5.74) is -2.14. The van der Waals surface area contributed by atoms with Crippen LogP contribution in [0.2, 0.25) is 0 Å². The average Bonchev–Trinajstić information content (AvgIpc) is 3.10. The number of nitrogens with one attached hydrogen (secondary N) is 1. The molecule has 0 aliphatic rings. The van der Waals surface area contributed by atoms with Gasteiger partial charge in [-0.3, -0.25) is 0 Å². The molecule has 5 nitrogen and oxygen atoms in total. The summed E-state index contributed by atoms with van der Waals surface area (Å²) in [6.07, 6.45) is -10.1. The molecular weight excluding hydrogens is 435 g/mol. The number of ether oxygens (including phenoxy) is 1. The molecule has 31 heavy (non-hydrogen) atoms. The fourth-order valence-electron chi connectivity index (χ4n) is 2.57. The summed E-state index contributed by atoms with van der Waals surface area (Å²) in [4.78, 5) is 11.9. The quantitative estimate of drug-likeness (QED) is 0.550. The van der Waals surface area contributed by atoms with E-state index in [4.69, 9.17) is 4.74 Å². The zero-order valence-electron chi connectivity index (χ0n) is 15.3. The third-order valence-corrected chi connectivity index (χ3v) is 4.00. The minimum Gasteiger partial charge on any atom is -0.406 e. The molecule has 0 bridgehead atoms. The monoisotopic (exact) mass is 447 g/mol. The van der Waals surface area contributed by atoms with Crippen molar-refractivity contribution < 1.29 is 40.3 Å². The largest absolute Gasteiger partial charge is 0.437 e. The summed E-state index contributed by atoms with van der Waals surface area (Å²) < 4.78 is 96.3. The lowest BCUT2D eigenvalue weighted by Gasteiger charge is -2.13. The van der Waals surface area contributed by atoms with Crippen molar-refractivity contribution in [3.05, 3.63) is 77.4 Å². The van der Waals surface area contributed by atoms with E-state index in [2.05, 4.69) is 10.4 Å². The van der Waals surface area contributed by atoms with E-state index in [-0.39, 0.29) is 17.8 Å². The Morgan fingerprint density at radius 2 is 1.55 bits per heavy atom. The molecule has 0 unspecified atom stereocenters. The molecule has 3 rings (SSSR count). The number of alkyl halides is 6. The minimum absolute atomic E-state index is 0.117. The van der Waals surface area contributed by atoms with Gasteiger partial charge in [0.05, 0.1) is 17.4 Å². The molecule has 0 radical (unpaired) electrons. The lowest BCUT2D eigenvalue weighted by molar-refractivity contribution is -0.143. The molecule has 0 aliphatic heterocycles. The summed E-state index contributed by atoms with van der Waals surface area (Å²) in [6, 6.07) is 7.82. The van der Waals surface area contributed by atoms with Crippen molar-refractivity contribution in [3.8, 4) is 11.4 Å². The topological polar surface area (TPSA) is 56.1 Å². The van der Waals surface area contributed by atoms with E-state index in [0.29, 0.717) is 10.9 Å². The smallest absolute Gasteiger partial charge is 0.406 e. The second kappa shape index (κ2) is 8.28. The maximum atomic E-state index is 13.5. The molecule has 3 aromatic rings. The van der Waals surface area contributed by atoms with Crippen LogP contribution in [0.3, 0.4) is 0 Å². The number of carbonyl (C=O) groups is 1. The van der Waals surface area contributed by atoms with Crippen molar-refractivity contribution in [3.63, 3.8) is 0 Å². The average molecular weight is 447 g/mol. The van der Waals surface area contributed by atoms with Crippen LogP contribution in [0.25, 0.3) is 5.69 Å². The first-order chi connectivity index (χ1) is 14.4. The molecular formula is C19H12F7N3O2. The highest BCUT2D eigenvalue weighted by molar-refractivity contribution is 5.70. The van der Waals surface area contributed by atoms with Gasteiger partial charge in [-0.1, -0.05) is 12.1 Å². The lowest BCUT2D eigenvalue weighted by Crippen LogP contribution is -2.27. The number of carbonyl (C=O) groups excluding carboxylic acids is 1. The van der Waals surface area contributed by atoms with Crippen molar-refractivity contribution in [2.24, 2.45) is 0 Å². The van der Waals surface area contributed by atoms with E-state index >= 15 is 0 Å². The van der Waals surface area contributed by atoms with Gasteiger partial charge in [-0.25, -0.2) is 13.9 Å². The number of halogens is 7. The molecule has 0 saturated carbocycles. The molecule has 0 fully saturated rings. The van der Waals surface area contributed by atoms with Crippen molar-refractivity contribution in [1.29, 1.82) is 0 Å². The molecule has 164 valence electrons. The Morgan fingerprint density at radius 1 is 0.935 bits per heavy atom. The number of rotatable bonds is 4. The Labute approximate surface area is 170 Å². The van der Waals surface area contributed by atoms with E-state index in [1.807, 2.05) is 0 Å². The van der Waals surface area contributed by atoms with E-state index < -0.39 is 41.3 Å². The Hall–Kier alpha value is -3.57. The number of hydrogen-bond acceptors (Lipinski definition) is 3. The second-order valence-electron chi connectivity index (χ2n) is 6.18. The van der Waals surface area contributed by atoms with Crippen LogP contribution in [0.1, 0.15) is 16.8 Å². The Morgan fingerprint density at radius 3 is 2.10 bits per heavy atom. The Balaban J connectivity index is 1.73. The standard InChI is InChI=1S/C19H12F7N3O2/c20-13-5-7-14(8-6-13)29-16(19(24,25)26)15(10-28-29)31-17(30)27-9-11-1-3-12(4-2-11)18(21,22)23/h1-8,10H,9H2,(H,27,30). The number of aromatic nitrogens is 2. The first-order valence-corrected chi connectivity index (χ1v) is 8.48. The summed E-state index contributed by atoms with van der Waals surface area (Å²) in [5, 5.41) is 5.69. The van der Waals surface area contributed by atoms with Crippen LogP contribution in [-0.4, -0.2) is 15.9 Å². The Kier molecular flexibility index (Phi) is 5.91. The lowest BCUT2D eigenvalue weighted by atomic mass is 10.1. The van der Waals surface area contributed by atoms with Crippen LogP contribution in [-0.2, 0) is 18.9 Å². The zero-order chi connectivity index (χ0) is 22.8. The normalized spacial score (nSPS) is 12.0. The van der Waals surface area contributed by atoms with Gasteiger partial charge >= 0.3 is 18.4 Å². The van der Waals surface area contributed by atoms with Gasteiger partial charge in [-0.05, 0) is 42.0 Å². The highest BCUT2D eigenvalue weighted by Gasteiger charge is 2.40. The van der Waals surface area contributed by atoms with Gasteiger partial charge in [-0.2, -0.15) is 31.4 Å². The molecule has 0 aliphatic carbocycles. The summed E-state index contributed by atoms with van der Waals surface area (Å²) in [6.45, 7) is -0.287. The molecule has 0 saturated heterocycles. The number of amides is 1. The van der Waals surface area contributed by atoms with Crippen LogP contribution in [0.4, 0.5) is 35.5 Å². The Bertz CT molecular complexity index is 1060.